The van der Waals surface area contributed by atoms with Gasteiger partial charge in [-0.25, -0.2) is 18.4 Å². The number of rotatable bonds is 23. The lowest BCUT2D eigenvalue weighted by Crippen LogP contribution is -2.45. The van der Waals surface area contributed by atoms with Crippen LogP contribution in [0.25, 0.3) is 0 Å². The van der Waals surface area contributed by atoms with Crippen molar-refractivity contribution in [2.75, 3.05) is 6.61 Å². The fraction of sp³-hybridized carbons (Fsp3) is 0.765. The Balaban J connectivity index is 2.16. The number of hydrogen-bond donors (Lipinski definition) is 1. The Morgan fingerprint density at radius 2 is 1.12 bits per heavy atom. The second-order valence-electron chi connectivity index (χ2n) is 12.4. The van der Waals surface area contributed by atoms with Gasteiger partial charge in [0.1, 0.15) is 23.3 Å². The van der Waals surface area contributed by atoms with Crippen molar-refractivity contribution in [3.63, 3.8) is 0 Å². The molecule has 1 aromatic carbocycles. The number of unbranched alkanes of at least 4 members (excludes halogenated alkanes) is 17. The Bertz CT molecular complexity index is 820. The van der Waals surface area contributed by atoms with Crippen molar-refractivity contribution in [1.82, 2.24) is 5.32 Å². The molecule has 0 spiro atoms. The Labute approximate surface area is 248 Å². The van der Waals surface area contributed by atoms with E-state index >= 15 is 0 Å². The number of alkyl carbamates (subject to hydrolysis) is 1. The molecule has 0 radical (unpaired) electrons. The Hall–Kier alpha value is -2.18. The highest BCUT2D eigenvalue weighted by molar-refractivity contribution is 5.81. The molecule has 0 saturated heterocycles. The lowest BCUT2D eigenvalue weighted by Gasteiger charge is -2.23. The SMILES string of the molecule is CCCCCCCCCCCCCCCCCCCCOC(=O)[C@H](Cc1cc(F)cc(F)c1)NC(=O)OC(C)(C)C. The summed E-state index contributed by atoms with van der Waals surface area (Å²) in [5.74, 6) is -2.14. The summed E-state index contributed by atoms with van der Waals surface area (Å²) in [6, 6.07) is 1.92. The zero-order valence-corrected chi connectivity index (χ0v) is 26.3. The fourth-order valence-electron chi connectivity index (χ4n) is 4.88. The molecule has 7 heteroatoms. The van der Waals surface area contributed by atoms with Gasteiger partial charge >= 0.3 is 12.1 Å². The lowest BCUT2D eigenvalue weighted by atomic mass is 10.0. The topological polar surface area (TPSA) is 64.6 Å². The summed E-state index contributed by atoms with van der Waals surface area (Å²) in [4.78, 5) is 25.0. The van der Waals surface area contributed by atoms with Crippen LogP contribution in [0.2, 0.25) is 0 Å². The molecule has 236 valence electrons. The Morgan fingerprint density at radius 3 is 1.54 bits per heavy atom. The smallest absolute Gasteiger partial charge is 0.408 e. The predicted octanol–water partition coefficient (Wildman–Crippen LogP) is 9.99. The van der Waals surface area contributed by atoms with E-state index in [1.54, 1.807) is 20.8 Å². The number of halogens is 2. The molecule has 1 N–H and O–H groups in total. The molecule has 0 aromatic heterocycles. The van der Waals surface area contributed by atoms with Gasteiger partial charge in [-0.1, -0.05) is 116 Å². The van der Waals surface area contributed by atoms with E-state index in [1.165, 1.54) is 96.3 Å². The number of ether oxygens (including phenoxy) is 2. The van der Waals surface area contributed by atoms with Gasteiger partial charge in [0.15, 0.2) is 0 Å². The molecule has 0 bridgehead atoms. The first-order chi connectivity index (χ1) is 19.6. The van der Waals surface area contributed by atoms with Crippen molar-refractivity contribution in [3.05, 3.63) is 35.4 Å². The first kappa shape index (κ1) is 36.8. The molecular weight excluding hydrogens is 524 g/mol. The molecule has 0 saturated carbocycles. The van der Waals surface area contributed by atoms with Gasteiger partial charge in [-0.05, 0) is 44.9 Å². The monoisotopic (exact) mass is 581 g/mol. The Kier molecular flexibility index (Phi) is 20.1. The maximum absolute atomic E-state index is 13.6. The van der Waals surface area contributed by atoms with Crippen LogP contribution in [0.1, 0.15) is 149 Å². The summed E-state index contributed by atoms with van der Waals surface area (Å²) in [5, 5.41) is 2.49. The first-order valence-electron chi connectivity index (χ1n) is 16.2. The number of hydrogen-bond acceptors (Lipinski definition) is 4. The van der Waals surface area contributed by atoms with Gasteiger partial charge in [0.2, 0.25) is 0 Å². The van der Waals surface area contributed by atoms with Crippen molar-refractivity contribution < 1.29 is 27.8 Å². The number of nitrogens with one attached hydrogen (secondary N) is 1. The van der Waals surface area contributed by atoms with E-state index in [-0.39, 0.29) is 18.6 Å². The molecule has 1 amide bonds. The minimum Gasteiger partial charge on any atom is -0.464 e. The minimum absolute atomic E-state index is 0.105. The Morgan fingerprint density at radius 1 is 0.707 bits per heavy atom. The molecule has 1 rings (SSSR count). The number of carbonyl (C=O) groups excluding carboxylic acids is 2. The summed E-state index contributed by atoms with van der Waals surface area (Å²) >= 11 is 0. The lowest BCUT2D eigenvalue weighted by molar-refractivity contribution is -0.146. The predicted molar refractivity (Wildman–Crippen MR) is 163 cm³/mol. The first-order valence-corrected chi connectivity index (χ1v) is 16.2. The number of amides is 1. The molecule has 1 aromatic rings. The quantitative estimate of drug-likeness (QED) is 0.103. The van der Waals surface area contributed by atoms with Gasteiger partial charge in [0.05, 0.1) is 6.61 Å². The zero-order chi connectivity index (χ0) is 30.3. The third-order valence-electron chi connectivity index (χ3n) is 7.08. The molecule has 0 aliphatic heterocycles. The highest BCUT2D eigenvalue weighted by Gasteiger charge is 2.26. The molecule has 0 aliphatic rings. The average molecular weight is 582 g/mol. The van der Waals surface area contributed by atoms with E-state index in [1.807, 2.05) is 0 Å². The van der Waals surface area contributed by atoms with E-state index in [9.17, 15) is 18.4 Å². The molecule has 41 heavy (non-hydrogen) atoms. The highest BCUT2D eigenvalue weighted by Crippen LogP contribution is 2.15. The van der Waals surface area contributed by atoms with Crippen LogP contribution in [0, 0.1) is 11.6 Å². The van der Waals surface area contributed by atoms with Crippen LogP contribution < -0.4 is 5.32 Å². The normalized spacial score (nSPS) is 12.2. The zero-order valence-electron chi connectivity index (χ0n) is 26.3. The van der Waals surface area contributed by atoms with Crippen LogP contribution >= 0.6 is 0 Å². The van der Waals surface area contributed by atoms with Crippen LogP contribution in [0.15, 0.2) is 18.2 Å². The third-order valence-corrected chi connectivity index (χ3v) is 7.08. The molecule has 5 nitrogen and oxygen atoms in total. The van der Waals surface area contributed by atoms with Crippen LogP contribution in [-0.4, -0.2) is 30.3 Å². The molecule has 0 unspecified atom stereocenters. The van der Waals surface area contributed by atoms with Crippen molar-refractivity contribution in [1.29, 1.82) is 0 Å². The van der Waals surface area contributed by atoms with E-state index < -0.39 is 35.3 Å². The average Bonchev–Trinajstić information content (AvgIpc) is 2.88. The number of esters is 1. The second kappa shape index (κ2) is 22.4. The molecular formula is C34H57F2NO4. The van der Waals surface area contributed by atoms with Crippen molar-refractivity contribution in [2.45, 2.75) is 161 Å². The largest absolute Gasteiger partial charge is 0.464 e. The molecule has 0 aliphatic carbocycles. The van der Waals surface area contributed by atoms with Gasteiger partial charge in [0, 0.05) is 12.5 Å². The van der Waals surface area contributed by atoms with Gasteiger partial charge < -0.3 is 14.8 Å². The minimum atomic E-state index is -1.11. The van der Waals surface area contributed by atoms with Crippen LogP contribution in [0.3, 0.4) is 0 Å². The molecule has 1 atom stereocenters. The van der Waals surface area contributed by atoms with Gasteiger partial charge in [0.25, 0.3) is 0 Å². The summed E-state index contributed by atoms with van der Waals surface area (Å²) in [6.07, 6.45) is 22.1. The van der Waals surface area contributed by atoms with Crippen molar-refractivity contribution in [3.8, 4) is 0 Å². The van der Waals surface area contributed by atoms with Crippen LogP contribution in [0.5, 0.6) is 0 Å². The fourth-order valence-corrected chi connectivity index (χ4v) is 4.88. The standard InChI is InChI=1S/C34H57F2NO4/c1-5-6-7-8-9-10-11-12-13-14-15-16-17-18-19-20-21-22-23-40-32(38)31(37-33(39)41-34(2,3)4)26-28-24-29(35)27-30(36)25-28/h24-25,27,31H,5-23,26H2,1-4H3,(H,37,39)/t31-/m0/s1. The van der Waals surface area contributed by atoms with Gasteiger partial charge in [-0.3, -0.25) is 0 Å². The molecule has 0 heterocycles. The van der Waals surface area contributed by atoms with Crippen LogP contribution in [0.4, 0.5) is 13.6 Å². The third kappa shape index (κ3) is 21.2. The maximum Gasteiger partial charge on any atom is 0.408 e. The van der Waals surface area contributed by atoms with E-state index in [0.29, 0.717) is 0 Å². The summed E-state index contributed by atoms with van der Waals surface area (Å²) in [7, 11) is 0. The van der Waals surface area contributed by atoms with E-state index in [2.05, 4.69) is 12.2 Å². The summed E-state index contributed by atoms with van der Waals surface area (Å²) < 4.78 is 37.9. The highest BCUT2D eigenvalue weighted by atomic mass is 19.1. The van der Waals surface area contributed by atoms with Gasteiger partial charge in [-0.15, -0.1) is 0 Å². The number of benzene rings is 1. The number of carbonyl (C=O) groups is 2. The van der Waals surface area contributed by atoms with E-state index in [4.69, 9.17) is 9.47 Å². The van der Waals surface area contributed by atoms with Crippen LogP contribution in [-0.2, 0) is 20.7 Å². The van der Waals surface area contributed by atoms with Crippen molar-refractivity contribution >= 4 is 12.1 Å². The summed E-state index contributed by atoms with van der Waals surface area (Å²) in [6.45, 7) is 7.63. The van der Waals surface area contributed by atoms with Crippen molar-refractivity contribution in [2.24, 2.45) is 0 Å². The molecule has 0 fully saturated rings. The second-order valence-corrected chi connectivity index (χ2v) is 12.4. The summed E-state index contributed by atoms with van der Waals surface area (Å²) in [5.41, 5.74) is -0.509. The van der Waals surface area contributed by atoms with Gasteiger partial charge in [-0.2, -0.15) is 0 Å². The van der Waals surface area contributed by atoms with E-state index in [0.717, 1.165) is 37.5 Å². The maximum atomic E-state index is 13.6.